The highest BCUT2D eigenvalue weighted by Gasteiger charge is 2.55. The van der Waals surface area contributed by atoms with E-state index < -0.39 is 0 Å². The minimum absolute atomic E-state index is 0.0654. The molecule has 0 bridgehead atoms. The summed E-state index contributed by atoms with van der Waals surface area (Å²) in [6, 6.07) is 0. The number of unbranched alkanes of at least 4 members (excludes halogenated alkanes) is 1. The third-order valence-corrected chi connectivity index (χ3v) is 4.50. The average Bonchev–Trinajstić information content (AvgIpc) is 2.15. The Bertz CT molecular complexity index is 252. The van der Waals surface area contributed by atoms with Gasteiger partial charge in [-0.15, -0.1) is 0 Å². The van der Waals surface area contributed by atoms with Crippen molar-refractivity contribution in [2.24, 2.45) is 10.8 Å². The highest BCUT2D eigenvalue weighted by atomic mass is 16.5. The average molecular weight is 240 g/mol. The number of carbonyl (C=O) groups excluding carboxylic acids is 1. The lowest BCUT2D eigenvalue weighted by Gasteiger charge is -2.50. The van der Waals surface area contributed by atoms with Crippen molar-refractivity contribution < 1.29 is 9.53 Å². The highest BCUT2D eigenvalue weighted by molar-refractivity contribution is 5.79. The third kappa shape index (κ3) is 2.83. The number of carbonyl (C=O) groups is 1. The molecule has 1 rings (SSSR count). The zero-order chi connectivity index (χ0) is 12.9. The second kappa shape index (κ2) is 5.88. The Hall–Kier alpha value is -0.530. The van der Waals surface area contributed by atoms with E-state index in [0.29, 0.717) is 6.61 Å². The summed E-state index contributed by atoms with van der Waals surface area (Å²) in [6.45, 7) is 9.37. The Balaban J connectivity index is 2.64. The molecular formula is C15H28O2. The summed E-state index contributed by atoms with van der Waals surface area (Å²) in [6.07, 6.45) is 7.52. The predicted octanol–water partition coefficient (Wildman–Crippen LogP) is 4.33. The summed E-state index contributed by atoms with van der Waals surface area (Å²) in [5.74, 6) is 0.0654. The van der Waals surface area contributed by atoms with Crippen LogP contribution in [-0.4, -0.2) is 12.6 Å². The van der Waals surface area contributed by atoms with Crippen molar-refractivity contribution in [1.82, 2.24) is 0 Å². The topological polar surface area (TPSA) is 26.3 Å². The fourth-order valence-electron chi connectivity index (χ4n) is 3.00. The van der Waals surface area contributed by atoms with Crippen molar-refractivity contribution in [2.45, 2.75) is 72.6 Å². The highest BCUT2D eigenvalue weighted by Crippen LogP contribution is 2.56. The molecule has 0 atom stereocenters. The summed E-state index contributed by atoms with van der Waals surface area (Å²) >= 11 is 0. The molecule has 0 aromatic carbocycles. The van der Waals surface area contributed by atoms with Gasteiger partial charge in [0.05, 0.1) is 12.0 Å². The maximum atomic E-state index is 12.3. The van der Waals surface area contributed by atoms with Gasteiger partial charge in [-0.1, -0.05) is 47.0 Å². The van der Waals surface area contributed by atoms with E-state index in [1.807, 2.05) is 0 Å². The zero-order valence-electron chi connectivity index (χ0n) is 12.0. The quantitative estimate of drug-likeness (QED) is 0.489. The number of ether oxygens (including phenoxy) is 1. The van der Waals surface area contributed by atoms with Crippen LogP contribution < -0.4 is 0 Å². The zero-order valence-corrected chi connectivity index (χ0v) is 12.0. The van der Waals surface area contributed by atoms with E-state index in [0.717, 1.165) is 38.5 Å². The fraction of sp³-hybridized carbons (Fsp3) is 0.933. The SMILES string of the molecule is CCCCOC(=O)C1(C(C)(C)CCC)CCC1. The second-order valence-electron chi connectivity index (χ2n) is 6.06. The normalized spacial score (nSPS) is 18.6. The molecule has 17 heavy (non-hydrogen) atoms. The number of esters is 1. The molecule has 0 saturated heterocycles. The molecule has 0 N–H and O–H groups in total. The largest absolute Gasteiger partial charge is 0.465 e. The maximum Gasteiger partial charge on any atom is 0.312 e. The number of hydrogen-bond acceptors (Lipinski definition) is 2. The van der Waals surface area contributed by atoms with E-state index in [-0.39, 0.29) is 16.8 Å². The molecule has 0 unspecified atom stereocenters. The van der Waals surface area contributed by atoms with Crippen molar-refractivity contribution in [3.8, 4) is 0 Å². The van der Waals surface area contributed by atoms with Gasteiger partial charge in [-0.25, -0.2) is 0 Å². The lowest BCUT2D eigenvalue weighted by molar-refractivity contribution is -0.174. The van der Waals surface area contributed by atoms with Gasteiger partial charge in [0.1, 0.15) is 0 Å². The van der Waals surface area contributed by atoms with Gasteiger partial charge in [-0.05, 0) is 31.1 Å². The van der Waals surface area contributed by atoms with Crippen LogP contribution in [0.1, 0.15) is 72.6 Å². The Labute approximate surface area is 106 Å². The van der Waals surface area contributed by atoms with E-state index in [9.17, 15) is 4.79 Å². The van der Waals surface area contributed by atoms with E-state index >= 15 is 0 Å². The van der Waals surface area contributed by atoms with Crippen LogP contribution in [0, 0.1) is 10.8 Å². The van der Waals surface area contributed by atoms with Crippen LogP contribution >= 0.6 is 0 Å². The lowest BCUT2D eigenvalue weighted by Crippen LogP contribution is -2.50. The second-order valence-corrected chi connectivity index (χ2v) is 6.06. The fourth-order valence-corrected chi connectivity index (χ4v) is 3.00. The first kappa shape index (κ1) is 14.5. The standard InChI is InChI=1S/C15H28O2/c1-5-7-12-17-13(16)15(10-8-11-15)14(3,4)9-6-2/h5-12H2,1-4H3. The predicted molar refractivity (Wildman–Crippen MR) is 70.8 cm³/mol. The maximum absolute atomic E-state index is 12.3. The van der Waals surface area contributed by atoms with Crippen LogP contribution in [0.25, 0.3) is 0 Å². The monoisotopic (exact) mass is 240 g/mol. The summed E-state index contributed by atoms with van der Waals surface area (Å²) in [5, 5.41) is 0. The Kier molecular flexibility index (Phi) is 5.03. The molecule has 2 nitrogen and oxygen atoms in total. The first-order valence-electron chi connectivity index (χ1n) is 7.17. The molecule has 0 radical (unpaired) electrons. The van der Waals surface area contributed by atoms with Crippen LogP contribution in [0.3, 0.4) is 0 Å². The van der Waals surface area contributed by atoms with Crippen molar-refractivity contribution in [3.63, 3.8) is 0 Å². The van der Waals surface area contributed by atoms with E-state index in [2.05, 4.69) is 27.7 Å². The van der Waals surface area contributed by atoms with Crippen molar-refractivity contribution >= 4 is 5.97 Å². The van der Waals surface area contributed by atoms with Crippen molar-refractivity contribution in [2.75, 3.05) is 6.61 Å². The molecule has 2 heteroatoms. The van der Waals surface area contributed by atoms with Crippen LogP contribution in [0.15, 0.2) is 0 Å². The minimum atomic E-state index is -0.184. The molecular weight excluding hydrogens is 212 g/mol. The van der Waals surface area contributed by atoms with Crippen LogP contribution in [-0.2, 0) is 9.53 Å². The van der Waals surface area contributed by atoms with Gasteiger partial charge in [0, 0.05) is 0 Å². The summed E-state index contributed by atoms with van der Waals surface area (Å²) in [4.78, 5) is 12.3. The molecule has 100 valence electrons. The first-order chi connectivity index (χ1) is 8.00. The van der Waals surface area contributed by atoms with Gasteiger partial charge in [-0.2, -0.15) is 0 Å². The molecule has 1 aliphatic carbocycles. The summed E-state index contributed by atoms with van der Waals surface area (Å²) < 4.78 is 5.48. The van der Waals surface area contributed by atoms with Gasteiger partial charge in [0.15, 0.2) is 0 Å². The first-order valence-corrected chi connectivity index (χ1v) is 7.17. The van der Waals surface area contributed by atoms with Crippen molar-refractivity contribution in [1.29, 1.82) is 0 Å². The van der Waals surface area contributed by atoms with Crippen LogP contribution in [0.2, 0.25) is 0 Å². The Morgan fingerprint density at radius 3 is 2.29 bits per heavy atom. The third-order valence-electron chi connectivity index (χ3n) is 4.50. The van der Waals surface area contributed by atoms with E-state index in [1.165, 1.54) is 6.42 Å². The molecule has 0 aromatic rings. The minimum Gasteiger partial charge on any atom is -0.465 e. The van der Waals surface area contributed by atoms with Crippen LogP contribution in [0.5, 0.6) is 0 Å². The molecule has 0 aromatic heterocycles. The molecule has 0 heterocycles. The summed E-state index contributed by atoms with van der Waals surface area (Å²) in [5.41, 5.74) is -0.0972. The smallest absolute Gasteiger partial charge is 0.312 e. The van der Waals surface area contributed by atoms with Crippen molar-refractivity contribution in [3.05, 3.63) is 0 Å². The van der Waals surface area contributed by atoms with Gasteiger partial charge >= 0.3 is 5.97 Å². The molecule has 1 fully saturated rings. The van der Waals surface area contributed by atoms with Crippen LogP contribution in [0.4, 0.5) is 0 Å². The van der Waals surface area contributed by atoms with Gasteiger partial charge in [0.25, 0.3) is 0 Å². The molecule has 1 aliphatic rings. The summed E-state index contributed by atoms with van der Waals surface area (Å²) in [7, 11) is 0. The number of hydrogen-bond donors (Lipinski definition) is 0. The van der Waals surface area contributed by atoms with E-state index in [4.69, 9.17) is 4.74 Å². The Morgan fingerprint density at radius 2 is 1.88 bits per heavy atom. The van der Waals surface area contributed by atoms with E-state index in [1.54, 1.807) is 0 Å². The number of rotatable bonds is 7. The molecule has 1 saturated carbocycles. The van der Waals surface area contributed by atoms with Gasteiger partial charge in [-0.3, -0.25) is 4.79 Å². The lowest BCUT2D eigenvalue weighted by atomic mass is 9.53. The molecule has 0 spiro atoms. The van der Waals surface area contributed by atoms with Gasteiger partial charge in [0.2, 0.25) is 0 Å². The molecule has 0 amide bonds. The Morgan fingerprint density at radius 1 is 1.24 bits per heavy atom. The molecule has 0 aliphatic heterocycles. The van der Waals surface area contributed by atoms with Gasteiger partial charge < -0.3 is 4.74 Å².